The van der Waals surface area contributed by atoms with Crippen molar-refractivity contribution in [3.05, 3.63) is 52.1 Å². The van der Waals surface area contributed by atoms with E-state index in [4.69, 9.17) is 0 Å². The molecule has 144 valence electrons. The summed E-state index contributed by atoms with van der Waals surface area (Å²) < 4.78 is 4.41. The number of carbonyl (C=O) groups is 2. The van der Waals surface area contributed by atoms with Gasteiger partial charge in [-0.15, -0.1) is 0 Å². The van der Waals surface area contributed by atoms with Crippen LogP contribution in [0.4, 0.5) is 0 Å². The topological polar surface area (TPSA) is 84.5 Å². The first-order chi connectivity index (χ1) is 13.5. The number of halogens is 1. The van der Waals surface area contributed by atoms with Gasteiger partial charge in [-0.2, -0.15) is 5.10 Å². The van der Waals surface area contributed by atoms with Crippen molar-refractivity contribution >= 4 is 33.4 Å². The highest BCUT2D eigenvalue weighted by Crippen LogP contribution is 2.29. The zero-order valence-corrected chi connectivity index (χ0v) is 16.9. The lowest BCUT2D eigenvalue weighted by Crippen LogP contribution is -2.42. The van der Waals surface area contributed by atoms with Gasteiger partial charge in [-0.1, -0.05) is 0 Å². The van der Waals surface area contributed by atoms with Crippen LogP contribution in [0.1, 0.15) is 52.5 Å². The number of aromatic nitrogens is 4. The highest BCUT2D eigenvalue weighted by molar-refractivity contribution is 9.10. The Labute approximate surface area is 169 Å². The molecule has 1 unspecified atom stereocenters. The van der Waals surface area contributed by atoms with Crippen LogP contribution in [0.5, 0.6) is 0 Å². The van der Waals surface area contributed by atoms with Gasteiger partial charge in [-0.05, 0) is 47.8 Å². The van der Waals surface area contributed by atoms with Crippen molar-refractivity contribution in [1.82, 2.24) is 29.4 Å². The first-order valence-electron chi connectivity index (χ1n) is 9.33. The number of hydrogen-bond acceptors (Lipinski definition) is 4. The van der Waals surface area contributed by atoms with Crippen LogP contribution in [0, 0.1) is 0 Å². The molecule has 0 aromatic carbocycles. The number of rotatable bonds is 3. The Hall–Kier alpha value is -2.68. The van der Waals surface area contributed by atoms with Crippen LogP contribution >= 0.6 is 15.9 Å². The molecule has 0 saturated heterocycles. The van der Waals surface area contributed by atoms with E-state index in [1.165, 1.54) is 0 Å². The predicted octanol–water partition coefficient (Wildman–Crippen LogP) is 2.40. The summed E-state index contributed by atoms with van der Waals surface area (Å²) >= 11 is 3.36. The van der Waals surface area contributed by atoms with E-state index >= 15 is 0 Å². The molecule has 5 rings (SSSR count). The summed E-state index contributed by atoms with van der Waals surface area (Å²) in [5, 5.41) is 7.41. The van der Waals surface area contributed by atoms with Crippen LogP contribution in [-0.4, -0.2) is 48.5 Å². The lowest BCUT2D eigenvalue weighted by Gasteiger charge is -2.35. The number of hydrogen-bond donors (Lipinski definition) is 1. The van der Waals surface area contributed by atoms with Crippen LogP contribution in [0.15, 0.2) is 35.1 Å². The summed E-state index contributed by atoms with van der Waals surface area (Å²) in [5.74, 6) is -0.164. The standard InChI is InChI=1S/C19H19BrN6O2/c1-11-15-4-5-16(18(27)22-13-2-3-13)25(15)7-6-24(11)19(28)14-8-17-21-9-12(20)10-26(17)23-14/h4-5,8-11,13H,2-3,6-7H2,1H3,(H,22,27). The van der Waals surface area contributed by atoms with E-state index < -0.39 is 0 Å². The van der Waals surface area contributed by atoms with E-state index in [0.29, 0.717) is 36.2 Å². The highest BCUT2D eigenvalue weighted by atomic mass is 79.9. The Kier molecular flexibility index (Phi) is 4.01. The molecule has 3 aromatic rings. The van der Waals surface area contributed by atoms with Gasteiger partial charge in [0.1, 0.15) is 5.69 Å². The molecule has 0 radical (unpaired) electrons. The third kappa shape index (κ3) is 2.90. The second-order valence-corrected chi connectivity index (χ2v) is 8.24. The number of nitrogens with zero attached hydrogens (tertiary/aromatic N) is 5. The Balaban J connectivity index is 1.40. The second kappa shape index (κ2) is 6.44. The molecule has 1 N–H and O–H groups in total. The van der Waals surface area contributed by atoms with Crippen molar-refractivity contribution < 1.29 is 9.59 Å². The van der Waals surface area contributed by atoms with Gasteiger partial charge < -0.3 is 14.8 Å². The minimum atomic E-state index is -0.145. The molecule has 4 heterocycles. The Morgan fingerprint density at radius 3 is 2.86 bits per heavy atom. The molecular weight excluding hydrogens is 424 g/mol. The number of amides is 2. The highest BCUT2D eigenvalue weighted by Gasteiger charge is 2.33. The van der Waals surface area contributed by atoms with Crippen molar-refractivity contribution in [3.8, 4) is 0 Å². The first kappa shape index (κ1) is 17.4. The molecule has 1 fully saturated rings. The van der Waals surface area contributed by atoms with Crippen molar-refractivity contribution in [2.75, 3.05) is 6.54 Å². The van der Waals surface area contributed by atoms with Gasteiger partial charge in [0.2, 0.25) is 0 Å². The molecule has 9 heteroatoms. The molecule has 2 amide bonds. The van der Waals surface area contributed by atoms with E-state index in [1.54, 1.807) is 27.9 Å². The summed E-state index contributed by atoms with van der Waals surface area (Å²) in [6.45, 7) is 3.09. The van der Waals surface area contributed by atoms with Gasteiger partial charge in [0.15, 0.2) is 11.3 Å². The number of nitrogens with one attached hydrogen (secondary N) is 1. The van der Waals surface area contributed by atoms with Crippen LogP contribution in [-0.2, 0) is 6.54 Å². The van der Waals surface area contributed by atoms with E-state index in [1.807, 2.05) is 23.6 Å². The number of fused-ring (bicyclic) bond motifs is 2. The van der Waals surface area contributed by atoms with Gasteiger partial charge in [0.05, 0.1) is 10.5 Å². The average Bonchev–Trinajstić information content (AvgIpc) is 3.22. The monoisotopic (exact) mass is 442 g/mol. The molecule has 3 aromatic heterocycles. The normalized spacial score (nSPS) is 18.9. The van der Waals surface area contributed by atoms with Crippen molar-refractivity contribution in [2.45, 2.75) is 38.4 Å². The van der Waals surface area contributed by atoms with E-state index in [9.17, 15) is 9.59 Å². The van der Waals surface area contributed by atoms with Crippen molar-refractivity contribution in [1.29, 1.82) is 0 Å². The quantitative estimate of drug-likeness (QED) is 0.674. The van der Waals surface area contributed by atoms with Crippen molar-refractivity contribution in [2.24, 2.45) is 0 Å². The van der Waals surface area contributed by atoms with Gasteiger partial charge >= 0.3 is 0 Å². The summed E-state index contributed by atoms with van der Waals surface area (Å²) in [4.78, 5) is 31.6. The van der Waals surface area contributed by atoms with Gasteiger partial charge in [-0.3, -0.25) is 9.59 Å². The molecule has 28 heavy (non-hydrogen) atoms. The average molecular weight is 443 g/mol. The fourth-order valence-corrected chi connectivity index (χ4v) is 4.02. The molecule has 2 aliphatic rings. The van der Waals surface area contributed by atoms with E-state index in [-0.39, 0.29) is 17.9 Å². The predicted molar refractivity (Wildman–Crippen MR) is 105 cm³/mol. The maximum atomic E-state index is 13.1. The fraction of sp³-hybridized carbons (Fsp3) is 0.368. The zero-order chi connectivity index (χ0) is 19.4. The van der Waals surface area contributed by atoms with Crippen LogP contribution in [0.3, 0.4) is 0 Å². The third-order valence-electron chi connectivity index (χ3n) is 5.38. The maximum Gasteiger partial charge on any atom is 0.275 e. The van der Waals surface area contributed by atoms with Gasteiger partial charge in [0.25, 0.3) is 11.8 Å². The summed E-state index contributed by atoms with van der Waals surface area (Å²) in [6.07, 6.45) is 5.56. The van der Waals surface area contributed by atoms with Gasteiger partial charge in [-0.25, -0.2) is 9.50 Å². The Bertz CT molecular complexity index is 1100. The van der Waals surface area contributed by atoms with Gasteiger partial charge in [0, 0.05) is 43.3 Å². The van der Waals surface area contributed by atoms with Crippen LogP contribution in [0.2, 0.25) is 0 Å². The minimum Gasteiger partial charge on any atom is -0.348 e. The van der Waals surface area contributed by atoms with E-state index in [2.05, 4.69) is 31.3 Å². The summed E-state index contributed by atoms with van der Waals surface area (Å²) in [7, 11) is 0. The zero-order valence-electron chi connectivity index (χ0n) is 15.3. The Morgan fingerprint density at radius 1 is 1.25 bits per heavy atom. The van der Waals surface area contributed by atoms with Crippen LogP contribution < -0.4 is 5.32 Å². The lowest BCUT2D eigenvalue weighted by molar-refractivity contribution is 0.0635. The Morgan fingerprint density at radius 2 is 2.07 bits per heavy atom. The smallest absolute Gasteiger partial charge is 0.275 e. The molecule has 1 aliphatic carbocycles. The second-order valence-electron chi connectivity index (χ2n) is 7.32. The third-order valence-corrected chi connectivity index (χ3v) is 5.79. The first-order valence-corrected chi connectivity index (χ1v) is 10.1. The number of carbonyl (C=O) groups excluding carboxylic acids is 2. The van der Waals surface area contributed by atoms with E-state index in [0.717, 1.165) is 23.0 Å². The molecule has 1 aliphatic heterocycles. The van der Waals surface area contributed by atoms with Crippen molar-refractivity contribution in [3.63, 3.8) is 0 Å². The molecule has 0 bridgehead atoms. The molecule has 1 atom stereocenters. The molecule has 0 spiro atoms. The lowest BCUT2D eigenvalue weighted by atomic mass is 10.1. The fourth-order valence-electron chi connectivity index (χ4n) is 3.73. The largest absolute Gasteiger partial charge is 0.348 e. The molecular formula is C19H19BrN6O2. The SMILES string of the molecule is CC1c2ccc(C(=O)NC3CC3)n2CCN1C(=O)c1cc2ncc(Br)cn2n1. The summed E-state index contributed by atoms with van der Waals surface area (Å²) in [5.41, 5.74) is 2.62. The molecule has 1 saturated carbocycles. The summed E-state index contributed by atoms with van der Waals surface area (Å²) in [6, 6.07) is 5.66. The molecule has 8 nitrogen and oxygen atoms in total. The van der Waals surface area contributed by atoms with Crippen LogP contribution in [0.25, 0.3) is 5.65 Å². The minimum absolute atomic E-state index is 0.0299. The maximum absolute atomic E-state index is 13.1.